The van der Waals surface area contributed by atoms with Crippen LogP contribution in [0.25, 0.3) is 0 Å². The minimum absolute atomic E-state index is 0.141. The van der Waals surface area contributed by atoms with Gasteiger partial charge in [-0.2, -0.15) is 0 Å². The Balaban J connectivity index is 1.81. The smallest absolute Gasteiger partial charge is 0.269 e. The maximum atomic E-state index is 10.8. The van der Waals surface area contributed by atoms with Gasteiger partial charge >= 0.3 is 0 Å². The third kappa shape index (κ3) is 3.68. The van der Waals surface area contributed by atoms with Crippen molar-refractivity contribution < 1.29 is 4.92 Å². The number of non-ortho nitro benzene ring substituents is 1. The van der Waals surface area contributed by atoms with Crippen molar-refractivity contribution in [3.05, 3.63) is 70.3 Å². The van der Waals surface area contributed by atoms with Gasteiger partial charge in [0.05, 0.1) is 4.92 Å². The molecular weight excluding hydrogens is 290 g/mol. The van der Waals surface area contributed by atoms with Crippen LogP contribution in [0.15, 0.2) is 54.6 Å². The largest absolute Gasteiger partial charge is 0.366 e. The van der Waals surface area contributed by atoms with E-state index < -0.39 is 0 Å². The molecule has 1 fully saturated rings. The van der Waals surface area contributed by atoms with Gasteiger partial charge in [-0.05, 0) is 31.2 Å². The number of nitro benzene ring substituents is 1. The Labute approximate surface area is 136 Å². The molecule has 0 bridgehead atoms. The van der Waals surface area contributed by atoms with Crippen LogP contribution in [0.5, 0.6) is 0 Å². The van der Waals surface area contributed by atoms with Crippen LogP contribution in [0.1, 0.15) is 5.56 Å². The fourth-order valence-corrected chi connectivity index (χ4v) is 3.18. The second-order valence-electron chi connectivity index (χ2n) is 6.07. The molecule has 23 heavy (non-hydrogen) atoms. The lowest BCUT2D eigenvalue weighted by Gasteiger charge is -2.41. The third-order valence-electron chi connectivity index (χ3n) is 4.39. The van der Waals surface area contributed by atoms with Gasteiger partial charge in [0.25, 0.3) is 5.69 Å². The summed E-state index contributed by atoms with van der Waals surface area (Å²) in [7, 11) is 2.14. The van der Waals surface area contributed by atoms with E-state index >= 15 is 0 Å². The number of benzene rings is 2. The molecule has 1 saturated heterocycles. The van der Waals surface area contributed by atoms with Gasteiger partial charge < -0.3 is 9.80 Å². The molecule has 0 amide bonds. The van der Waals surface area contributed by atoms with Gasteiger partial charge in [0.2, 0.25) is 0 Å². The molecule has 1 unspecified atom stereocenters. The van der Waals surface area contributed by atoms with Crippen molar-refractivity contribution in [2.75, 3.05) is 31.6 Å². The number of anilines is 1. The van der Waals surface area contributed by atoms with Crippen LogP contribution in [0.2, 0.25) is 0 Å². The minimum atomic E-state index is -0.352. The number of piperazine rings is 1. The molecule has 1 aliphatic rings. The molecule has 0 N–H and O–H groups in total. The van der Waals surface area contributed by atoms with Crippen LogP contribution in [-0.2, 0) is 6.42 Å². The van der Waals surface area contributed by atoms with E-state index in [0.29, 0.717) is 6.04 Å². The highest BCUT2D eigenvalue weighted by Gasteiger charge is 2.26. The van der Waals surface area contributed by atoms with E-state index in [1.165, 1.54) is 5.56 Å². The van der Waals surface area contributed by atoms with Crippen molar-refractivity contribution >= 4 is 11.4 Å². The zero-order valence-electron chi connectivity index (χ0n) is 13.3. The van der Waals surface area contributed by atoms with E-state index in [1.807, 2.05) is 18.2 Å². The maximum Gasteiger partial charge on any atom is 0.269 e. The van der Waals surface area contributed by atoms with Gasteiger partial charge in [0.15, 0.2) is 0 Å². The van der Waals surface area contributed by atoms with Crippen molar-refractivity contribution in [3.8, 4) is 0 Å². The first kappa shape index (κ1) is 15.5. The Bertz CT molecular complexity index is 658. The summed E-state index contributed by atoms with van der Waals surface area (Å²) >= 11 is 0. The number of nitro groups is 1. The SMILES string of the molecule is CN1CCN(c2ccc([N+](=O)[O-])cc2)C(Cc2ccccc2)C1. The Morgan fingerprint density at radius 3 is 2.43 bits per heavy atom. The van der Waals surface area contributed by atoms with Gasteiger partial charge in [0.1, 0.15) is 0 Å². The minimum Gasteiger partial charge on any atom is -0.366 e. The second-order valence-corrected chi connectivity index (χ2v) is 6.07. The van der Waals surface area contributed by atoms with Crippen molar-refractivity contribution in [2.45, 2.75) is 12.5 Å². The summed E-state index contributed by atoms with van der Waals surface area (Å²) in [6.07, 6.45) is 0.974. The molecule has 120 valence electrons. The first-order valence-corrected chi connectivity index (χ1v) is 7.87. The second kappa shape index (κ2) is 6.79. The molecule has 3 rings (SSSR count). The fourth-order valence-electron chi connectivity index (χ4n) is 3.18. The van der Waals surface area contributed by atoms with Crippen LogP contribution >= 0.6 is 0 Å². The Morgan fingerprint density at radius 2 is 1.78 bits per heavy atom. The van der Waals surface area contributed by atoms with E-state index in [-0.39, 0.29) is 10.6 Å². The first-order chi connectivity index (χ1) is 11.1. The predicted molar refractivity (Wildman–Crippen MR) is 91.9 cm³/mol. The summed E-state index contributed by atoms with van der Waals surface area (Å²) in [5.41, 5.74) is 2.52. The Hall–Kier alpha value is -2.40. The van der Waals surface area contributed by atoms with Gasteiger partial charge in [-0.15, -0.1) is 0 Å². The summed E-state index contributed by atoms with van der Waals surface area (Å²) in [6, 6.07) is 17.8. The van der Waals surface area contributed by atoms with Crippen LogP contribution in [0.3, 0.4) is 0 Å². The lowest BCUT2D eigenvalue weighted by atomic mass is 10.0. The highest BCUT2D eigenvalue weighted by Crippen LogP contribution is 2.25. The molecule has 5 nitrogen and oxygen atoms in total. The van der Waals surface area contributed by atoms with Crippen molar-refractivity contribution in [2.24, 2.45) is 0 Å². The average Bonchev–Trinajstić information content (AvgIpc) is 2.56. The molecule has 0 radical (unpaired) electrons. The van der Waals surface area contributed by atoms with Crippen LogP contribution in [-0.4, -0.2) is 42.5 Å². The van der Waals surface area contributed by atoms with Crippen molar-refractivity contribution in [3.63, 3.8) is 0 Å². The van der Waals surface area contributed by atoms with Crippen molar-refractivity contribution in [1.29, 1.82) is 0 Å². The Kier molecular flexibility index (Phi) is 4.57. The third-order valence-corrected chi connectivity index (χ3v) is 4.39. The number of likely N-dealkylation sites (N-methyl/N-ethyl adjacent to an activating group) is 1. The van der Waals surface area contributed by atoms with E-state index in [1.54, 1.807) is 12.1 Å². The molecule has 1 heterocycles. The molecule has 1 atom stereocenters. The monoisotopic (exact) mass is 311 g/mol. The van der Waals surface area contributed by atoms with Gasteiger partial charge in [-0.3, -0.25) is 10.1 Å². The van der Waals surface area contributed by atoms with E-state index in [2.05, 4.69) is 41.1 Å². The maximum absolute atomic E-state index is 10.8. The zero-order chi connectivity index (χ0) is 16.2. The molecule has 1 aliphatic heterocycles. The van der Waals surface area contributed by atoms with Crippen LogP contribution in [0, 0.1) is 10.1 Å². The summed E-state index contributed by atoms with van der Waals surface area (Å²) in [5.74, 6) is 0. The van der Waals surface area contributed by atoms with E-state index in [4.69, 9.17) is 0 Å². The number of nitrogens with zero attached hydrogens (tertiary/aromatic N) is 3. The molecule has 0 spiro atoms. The van der Waals surface area contributed by atoms with Crippen LogP contribution < -0.4 is 4.90 Å². The number of rotatable bonds is 4. The van der Waals surface area contributed by atoms with E-state index in [0.717, 1.165) is 31.7 Å². The highest BCUT2D eigenvalue weighted by atomic mass is 16.6. The zero-order valence-corrected chi connectivity index (χ0v) is 13.3. The van der Waals surface area contributed by atoms with Gasteiger partial charge in [-0.25, -0.2) is 0 Å². The quantitative estimate of drug-likeness (QED) is 0.643. The van der Waals surface area contributed by atoms with Crippen molar-refractivity contribution in [1.82, 2.24) is 4.90 Å². The summed E-state index contributed by atoms with van der Waals surface area (Å²) < 4.78 is 0. The number of hydrogen-bond donors (Lipinski definition) is 0. The average molecular weight is 311 g/mol. The number of hydrogen-bond acceptors (Lipinski definition) is 4. The first-order valence-electron chi connectivity index (χ1n) is 7.87. The lowest BCUT2D eigenvalue weighted by molar-refractivity contribution is -0.384. The van der Waals surface area contributed by atoms with Gasteiger partial charge in [0, 0.05) is 43.5 Å². The molecule has 0 saturated carbocycles. The fraction of sp³-hybridized carbons (Fsp3) is 0.333. The molecule has 0 aliphatic carbocycles. The summed E-state index contributed by atoms with van der Waals surface area (Å²) in [4.78, 5) is 15.2. The molecule has 5 heteroatoms. The molecular formula is C18H21N3O2. The van der Waals surface area contributed by atoms with Crippen LogP contribution in [0.4, 0.5) is 11.4 Å². The molecule has 0 aromatic heterocycles. The van der Waals surface area contributed by atoms with Gasteiger partial charge in [-0.1, -0.05) is 30.3 Å². The summed E-state index contributed by atoms with van der Waals surface area (Å²) in [6.45, 7) is 2.93. The lowest BCUT2D eigenvalue weighted by Crippen LogP contribution is -2.53. The topological polar surface area (TPSA) is 49.6 Å². The summed E-state index contributed by atoms with van der Waals surface area (Å²) in [5, 5.41) is 10.8. The highest BCUT2D eigenvalue weighted by molar-refractivity contribution is 5.52. The standard InChI is InChI=1S/C18H21N3O2/c1-19-11-12-20(16-7-9-17(10-8-16)21(22)23)18(14-19)13-15-5-3-2-4-6-15/h2-10,18H,11-14H2,1H3. The van der Waals surface area contributed by atoms with E-state index in [9.17, 15) is 10.1 Å². The molecule has 2 aromatic carbocycles. The normalized spacial score (nSPS) is 18.8. The predicted octanol–water partition coefficient (Wildman–Crippen LogP) is 2.96. The molecule has 2 aromatic rings. The Morgan fingerprint density at radius 1 is 1.09 bits per heavy atom.